The van der Waals surface area contributed by atoms with E-state index in [0.717, 1.165) is 5.52 Å². The molecular formula is C12H12N4O. The van der Waals surface area contributed by atoms with Crippen LogP contribution in [-0.2, 0) is 0 Å². The first-order valence-corrected chi connectivity index (χ1v) is 5.11. The first-order valence-electron chi connectivity index (χ1n) is 5.11. The molecule has 0 bridgehead atoms. The SMILES string of the molecule is CN(C)/C=C/c1cc2cc[nH]n2c(=O)c1C#N. The van der Waals surface area contributed by atoms with E-state index in [9.17, 15) is 4.79 Å². The van der Waals surface area contributed by atoms with Gasteiger partial charge in [0.1, 0.15) is 11.6 Å². The van der Waals surface area contributed by atoms with Gasteiger partial charge < -0.3 is 4.90 Å². The Morgan fingerprint density at radius 3 is 2.94 bits per heavy atom. The predicted octanol–water partition coefficient (Wildman–Crippen LogP) is 1.03. The molecule has 0 amide bonds. The topological polar surface area (TPSA) is 64.3 Å². The van der Waals surface area contributed by atoms with E-state index in [2.05, 4.69) is 5.10 Å². The molecule has 2 rings (SSSR count). The molecule has 17 heavy (non-hydrogen) atoms. The molecule has 2 aromatic rings. The van der Waals surface area contributed by atoms with E-state index < -0.39 is 0 Å². The fraction of sp³-hybridized carbons (Fsp3) is 0.167. The number of nitriles is 1. The quantitative estimate of drug-likeness (QED) is 0.835. The van der Waals surface area contributed by atoms with Crippen LogP contribution in [0, 0.1) is 11.3 Å². The van der Waals surface area contributed by atoms with Gasteiger partial charge in [0.2, 0.25) is 0 Å². The Morgan fingerprint density at radius 2 is 2.29 bits per heavy atom. The number of fused-ring (bicyclic) bond motifs is 1. The van der Waals surface area contributed by atoms with Gasteiger partial charge in [-0.05, 0) is 24.4 Å². The number of hydrogen-bond donors (Lipinski definition) is 1. The van der Waals surface area contributed by atoms with Crippen molar-refractivity contribution >= 4 is 11.6 Å². The molecule has 0 unspecified atom stereocenters. The molecule has 1 N–H and O–H groups in total. The lowest BCUT2D eigenvalue weighted by atomic mass is 10.1. The monoisotopic (exact) mass is 228 g/mol. The van der Waals surface area contributed by atoms with Crippen LogP contribution in [0.5, 0.6) is 0 Å². The van der Waals surface area contributed by atoms with Crippen LogP contribution in [-0.4, -0.2) is 28.6 Å². The van der Waals surface area contributed by atoms with Gasteiger partial charge in [0.15, 0.2) is 0 Å². The number of nitrogens with zero attached hydrogens (tertiary/aromatic N) is 3. The van der Waals surface area contributed by atoms with E-state index in [0.29, 0.717) is 5.56 Å². The van der Waals surface area contributed by atoms with Gasteiger partial charge >= 0.3 is 0 Å². The maximum Gasteiger partial charge on any atom is 0.288 e. The minimum Gasteiger partial charge on any atom is -0.383 e. The minimum atomic E-state index is -0.326. The Kier molecular flexibility index (Phi) is 2.71. The van der Waals surface area contributed by atoms with Crippen molar-refractivity contribution in [2.45, 2.75) is 0 Å². The van der Waals surface area contributed by atoms with Crippen LogP contribution in [0.25, 0.3) is 11.6 Å². The second-order valence-electron chi connectivity index (χ2n) is 3.89. The first kappa shape index (κ1) is 11.0. The number of aromatic nitrogens is 2. The minimum absolute atomic E-state index is 0.142. The smallest absolute Gasteiger partial charge is 0.288 e. The van der Waals surface area contributed by atoms with Gasteiger partial charge in [-0.25, -0.2) is 4.52 Å². The molecule has 2 aromatic heterocycles. The zero-order chi connectivity index (χ0) is 12.4. The average molecular weight is 228 g/mol. The van der Waals surface area contributed by atoms with Crippen molar-refractivity contribution in [1.29, 1.82) is 5.26 Å². The lowest BCUT2D eigenvalue weighted by molar-refractivity contribution is 0.567. The molecular weight excluding hydrogens is 216 g/mol. The second kappa shape index (κ2) is 4.18. The average Bonchev–Trinajstić information content (AvgIpc) is 2.74. The molecule has 0 radical (unpaired) electrons. The summed E-state index contributed by atoms with van der Waals surface area (Å²) in [5.74, 6) is 0. The molecule has 0 atom stereocenters. The Labute approximate surface area is 98.2 Å². The summed E-state index contributed by atoms with van der Waals surface area (Å²) in [6.45, 7) is 0. The lowest BCUT2D eigenvalue weighted by Crippen LogP contribution is -2.18. The van der Waals surface area contributed by atoms with Crippen molar-refractivity contribution in [3.05, 3.63) is 46.0 Å². The lowest BCUT2D eigenvalue weighted by Gasteiger charge is -2.04. The molecule has 0 aliphatic heterocycles. The Bertz CT molecular complexity index is 670. The maximum atomic E-state index is 11.9. The highest BCUT2D eigenvalue weighted by Crippen LogP contribution is 2.10. The van der Waals surface area contributed by atoms with E-state index in [-0.39, 0.29) is 11.1 Å². The highest BCUT2D eigenvalue weighted by atomic mass is 16.1. The highest BCUT2D eigenvalue weighted by molar-refractivity contribution is 5.64. The fourth-order valence-corrected chi connectivity index (χ4v) is 1.57. The molecule has 5 heteroatoms. The standard InChI is InChI=1S/C12H12N4O/c1-15(2)6-4-9-7-10-3-5-14-16(10)12(17)11(9)8-13/h3-7,14H,1-2H3/b6-4+. The van der Waals surface area contributed by atoms with Crippen molar-refractivity contribution in [3.63, 3.8) is 0 Å². The van der Waals surface area contributed by atoms with E-state index in [1.807, 2.05) is 25.1 Å². The summed E-state index contributed by atoms with van der Waals surface area (Å²) in [6.07, 6.45) is 5.23. The van der Waals surface area contributed by atoms with Crippen LogP contribution in [0.3, 0.4) is 0 Å². The molecule has 0 aliphatic carbocycles. The molecule has 0 aliphatic rings. The molecule has 5 nitrogen and oxygen atoms in total. The second-order valence-corrected chi connectivity index (χ2v) is 3.89. The highest BCUT2D eigenvalue weighted by Gasteiger charge is 2.08. The van der Waals surface area contributed by atoms with E-state index in [1.165, 1.54) is 4.52 Å². The summed E-state index contributed by atoms with van der Waals surface area (Å²) in [5.41, 5.74) is 1.19. The number of aromatic amines is 1. The fourth-order valence-electron chi connectivity index (χ4n) is 1.57. The third-order valence-corrected chi connectivity index (χ3v) is 2.39. The first-order chi connectivity index (χ1) is 8.13. The molecule has 0 aromatic carbocycles. The summed E-state index contributed by atoms with van der Waals surface area (Å²) in [7, 11) is 3.76. The van der Waals surface area contributed by atoms with Crippen LogP contribution in [0.4, 0.5) is 0 Å². The van der Waals surface area contributed by atoms with Gasteiger partial charge in [-0.15, -0.1) is 0 Å². The van der Waals surface area contributed by atoms with Crippen LogP contribution < -0.4 is 5.56 Å². The molecule has 0 saturated carbocycles. The Morgan fingerprint density at radius 1 is 1.53 bits per heavy atom. The van der Waals surface area contributed by atoms with Gasteiger partial charge in [-0.2, -0.15) is 5.26 Å². The van der Waals surface area contributed by atoms with Crippen LogP contribution in [0.1, 0.15) is 11.1 Å². The van der Waals surface area contributed by atoms with E-state index >= 15 is 0 Å². The number of hydrogen-bond acceptors (Lipinski definition) is 3. The van der Waals surface area contributed by atoms with Gasteiger partial charge in [-0.1, -0.05) is 0 Å². The van der Waals surface area contributed by atoms with Gasteiger partial charge in [0, 0.05) is 25.9 Å². The summed E-state index contributed by atoms with van der Waals surface area (Å²) >= 11 is 0. The zero-order valence-corrected chi connectivity index (χ0v) is 9.64. The normalized spacial score (nSPS) is 10.9. The van der Waals surface area contributed by atoms with Crippen molar-refractivity contribution < 1.29 is 0 Å². The number of rotatable bonds is 2. The van der Waals surface area contributed by atoms with Gasteiger partial charge in [0.05, 0.1) is 5.52 Å². The van der Waals surface area contributed by atoms with Gasteiger partial charge in [0.25, 0.3) is 5.56 Å². The van der Waals surface area contributed by atoms with E-state index in [1.54, 1.807) is 30.6 Å². The third kappa shape index (κ3) is 1.93. The largest absolute Gasteiger partial charge is 0.383 e. The number of pyridine rings is 1. The molecule has 2 heterocycles. The Hall–Kier alpha value is -2.48. The van der Waals surface area contributed by atoms with Crippen molar-refractivity contribution in [3.8, 4) is 6.07 Å². The maximum absolute atomic E-state index is 11.9. The summed E-state index contributed by atoms with van der Waals surface area (Å²) in [4.78, 5) is 13.8. The Balaban J connectivity index is 2.70. The summed E-state index contributed by atoms with van der Waals surface area (Å²) < 4.78 is 1.35. The summed E-state index contributed by atoms with van der Waals surface area (Å²) in [6, 6.07) is 5.54. The molecule has 0 fully saturated rings. The van der Waals surface area contributed by atoms with Crippen molar-refractivity contribution in [1.82, 2.24) is 14.5 Å². The molecule has 86 valence electrons. The number of nitrogens with one attached hydrogen (secondary N) is 1. The zero-order valence-electron chi connectivity index (χ0n) is 9.64. The molecule has 0 saturated heterocycles. The number of H-pyrrole nitrogens is 1. The third-order valence-electron chi connectivity index (χ3n) is 2.39. The van der Waals surface area contributed by atoms with Crippen molar-refractivity contribution in [2.75, 3.05) is 14.1 Å². The van der Waals surface area contributed by atoms with Crippen LogP contribution in [0.2, 0.25) is 0 Å². The molecule has 0 spiro atoms. The van der Waals surface area contributed by atoms with Crippen LogP contribution >= 0.6 is 0 Å². The van der Waals surface area contributed by atoms with Gasteiger partial charge in [-0.3, -0.25) is 9.89 Å². The van der Waals surface area contributed by atoms with Crippen molar-refractivity contribution in [2.24, 2.45) is 0 Å². The predicted molar refractivity (Wildman–Crippen MR) is 65.5 cm³/mol. The van der Waals surface area contributed by atoms with Crippen LogP contribution in [0.15, 0.2) is 29.3 Å². The van der Waals surface area contributed by atoms with E-state index in [4.69, 9.17) is 5.26 Å². The summed E-state index contributed by atoms with van der Waals surface area (Å²) in [5, 5.41) is 11.8.